The number of nitro groups is 1. The van der Waals surface area contributed by atoms with Gasteiger partial charge in [-0.25, -0.2) is 4.79 Å². The van der Waals surface area contributed by atoms with Gasteiger partial charge in [0, 0.05) is 17.7 Å². The van der Waals surface area contributed by atoms with E-state index in [1.807, 2.05) is 0 Å². The minimum absolute atomic E-state index is 0.0351. The second kappa shape index (κ2) is 11.2. The van der Waals surface area contributed by atoms with Gasteiger partial charge < -0.3 is 13.9 Å². The number of ether oxygens (including phenoxy) is 2. The second-order valence-corrected chi connectivity index (χ2v) is 8.21. The van der Waals surface area contributed by atoms with E-state index in [0.29, 0.717) is 40.4 Å². The average Bonchev–Trinajstić information content (AvgIpc) is 3.42. The number of non-ortho nitro benzene ring substituents is 1. The van der Waals surface area contributed by atoms with Gasteiger partial charge in [-0.2, -0.15) is 0 Å². The largest absolute Gasteiger partial charge is 0.493 e. The van der Waals surface area contributed by atoms with E-state index in [2.05, 4.69) is 11.9 Å². The van der Waals surface area contributed by atoms with Crippen molar-refractivity contribution in [1.29, 1.82) is 0 Å². The number of nitro benzene ring substituents is 1. The summed E-state index contributed by atoms with van der Waals surface area (Å²) in [6.45, 7) is 3.66. The van der Waals surface area contributed by atoms with Crippen LogP contribution in [0.5, 0.6) is 11.5 Å². The SMILES string of the molecule is C=CCc1cc(/C=C2\C(=O)NC(=O)N(Cc3ccco3)C2=O)cc(OC)c1OCc1cccc([N+](=O)[O-])c1. The Balaban J connectivity index is 1.65. The molecule has 1 fully saturated rings. The Hall–Kier alpha value is -5.19. The molecule has 2 aromatic carbocycles. The van der Waals surface area contributed by atoms with Crippen molar-refractivity contribution in [2.45, 2.75) is 19.6 Å². The lowest BCUT2D eigenvalue weighted by Crippen LogP contribution is -2.53. The van der Waals surface area contributed by atoms with Gasteiger partial charge >= 0.3 is 6.03 Å². The number of nitrogens with zero attached hydrogens (tertiary/aromatic N) is 2. The normalized spacial score (nSPS) is 14.4. The molecule has 0 unspecified atom stereocenters. The van der Waals surface area contributed by atoms with Gasteiger partial charge in [-0.15, -0.1) is 6.58 Å². The number of methoxy groups -OCH3 is 1. The Morgan fingerprint density at radius 2 is 1.97 bits per heavy atom. The highest BCUT2D eigenvalue weighted by atomic mass is 16.6. The first-order valence-electron chi connectivity index (χ1n) is 11.4. The number of carbonyl (C=O) groups excluding carboxylic acids is 3. The molecule has 11 nitrogen and oxygen atoms in total. The molecule has 0 spiro atoms. The van der Waals surface area contributed by atoms with Crippen LogP contribution in [0.2, 0.25) is 0 Å². The van der Waals surface area contributed by atoms with Crippen LogP contribution < -0.4 is 14.8 Å². The molecule has 3 aromatic rings. The summed E-state index contributed by atoms with van der Waals surface area (Å²) in [5, 5.41) is 13.3. The summed E-state index contributed by atoms with van der Waals surface area (Å²) in [5.41, 5.74) is 1.38. The van der Waals surface area contributed by atoms with Crippen LogP contribution in [0, 0.1) is 10.1 Å². The summed E-state index contributed by atoms with van der Waals surface area (Å²) in [6, 6.07) is 11.8. The summed E-state index contributed by atoms with van der Waals surface area (Å²) in [7, 11) is 1.44. The summed E-state index contributed by atoms with van der Waals surface area (Å²) in [4.78, 5) is 49.4. The average molecular weight is 517 g/mol. The molecule has 2 heterocycles. The molecule has 0 bridgehead atoms. The number of allylic oxidation sites excluding steroid dienone is 1. The van der Waals surface area contributed by atoms with Crippen LogP contribution in [0.15, 0.2) is 77.4 Å². The highest BCUT2D eigenvalue weighted by molar-refractivity contribution is 6.30. The van der Waals surface area contributed by atoms with E-state index in [1.165, 1.54) is 31.6 Å². The van der Waals surface area contributed by atoms with Crippen LogP contribution in [0.1, 0.15) is 22.5 Å². The molecule has 0 aliphatic carbocycles. The number of benzene rings is 2. The fraction of sp³-hybridized carbons (Fsp3) is 0.148. The molecule has 194 valence electrons. The van der Waals surface area contributed by atoms with Gasteiger partial charge in [0.2, 0.25) is 0 Å². The molecule has 1 aliphatic heterocycles. The molecule has 4 rings (SSSR count). The van der Waals surface area contributed by atoms with E-state index in [9.17, 15) is 24.5 Å². The first-order chi connectivity index (χ1) is 18.3. The number of rotatable bonds is 10. The van der Waals surface area contributed by atoms with Crippen molar-refractivity contribution in [2.75, 3.05) is 7.11 Å². The minimum atomic E-state index is -0.844. The molecule has 1 N–H and O–H groups in total. The summed E-state index contributed by atoms with van der Waals surface area (Å²) in [5.74, 6) is -0.525. The number of imide groups is 2. The Bertz CT molecular complexity index is 1440. The van der Waals surface area contributed by atoms with Gasteiger partial charge in [-0.3, -0.25) is 29.9 Å². The molecular formula is C27H23N3O8. The number of urea groups is 1. The predicted molar refractivity (Wildman–Crippen MR) is 135 cm³/mol. The first-order valence-corrected chi connectivity index (χ1v) is 11.4. The first kappa shape index (κ1) is 25.9. The maximum absolute atomic E-state index is 13.1. The number of hydrogen-bond acceptors (Lipinski definition) is 8. The molecule has 0 saturated carbocycles. The zero-order valence-electron chi connectivity index (χ0n) is 20.3. The van der Waals surface area contributed by atoms with Gasteiger partial charge in [-0.1, -0.05) is 18.2 Å². The van der Waals surface area contributed by atoms with E-state index in [4.69, 9.17) is 13.9 Å². The molecule has 1 aliphatic rings. The van der Waals surface area contributed by atoms with E-state index in [-0.39, 0.29) is 24.4 Å². The zero-order chi connectivity index (χ0) is 27.2. The monoisotopic (exact) mass is 517 g/mol. The van der Waals surface area contributed by atoms with Crippen molar-refractivity contribution in [1.82, 2.24) is 10.2 Å². The van der Waals surface area contributed by atoms with Crippen LogP contribution in [-0.4, -0.2) is 34.8 Å². The van der Waals surface area contributed by atoms with Gasteiger partial charge in [0.15, 0.2) is 11.5 Å². The molecule has 0 atom stereocenters. The Labute approximate surface area is 217 Å². The third-order valence-corrected chi connectivity index (χ3v) is 5.63. The van der Waals surface area contributed by atoms with Gasteiger partial charge in [0.05, 0.1) is 24.8 Å². The van der Waals surface area contributed by atoms with Crippen molar-refractivity contribution in [2.24, 2.45) is 0 Å². The quantitative estimate of drug-likeness (QED) is 0.139. The molecule has 38 heavy (non-hydrogen) atoms. The molecular weight excluding hydrogens is 494 g/mol. The Morgan fingerprint density at radius 1 is 1.16 bits per heavy atom. The lowest BCUT2D eigenvalue weighted by atomic mass is 10.0. The third-order valence-electron chi connectivity index (χ3n) is 5.63. The van der Waals surface area contributed by atoms with E-state index < -0.39 is 22.8 Å². The van der Waals surface area contributed by atoms with Crippen LogP contribution in [0.25, 0.3) is 6.08 Å². The van der Waals surface area contributed by atoms with Crippen molar-refractivity contribution in [3.8, 4) is 11.5 Å². The van der Waals surface area contributed by atoms with Crippen molar-refractivity contribution in [3.63, 3.8) is 0 Å². The molecule has 11 heteroatoms. The Kier molecular flexibility index (Phi) is 7.66. The Morgan fingerprint density at radius 3 is 2.66 bits per heavy atom. The fourth-order valence-electron chi connectivity index (χ4n) is 3.87. The number of furan rings is 1. The molecule has 1 saturated heterocycles. The number of carbonyl (C=O) groups is 3. The third kappa shape index (κ3) is 5.62. The van der Waals surface area contributed by atoms with Gasteiger partial charge in [0.1, 0.15) is 17.9 Å². The highest BCUT2D eigenvalue weighted by Crippen LogP contribution is 2.35. The van der Waals surface area contributed by atoms with Crippen LogP contribution >= 0.6 is 0 Å². The van der Waals surface area contributed by atoms with Crippen LogP contribution in [-0.2, 0) is 29.2 Å². The van der Waals surface area contributed by atoms with E-state index in [1.54, 1.807) is 42.5 Å². The highest BCUT2D eigenvalue weighted by Gasteiger charge is 2.36. The summed E-state index contributed by atoms with van der Waals surface area (Å²) >= 11 is 0. The van der Waals surface area contributed by atoms with E-state index >= 15 is 0 Å². The van der Waals surface area contributed by atoms with Crippen molar-refractivity contribution in [3.05, 3.63) is 106 Å². The van der Waals surface area contributed by atoms with E-state index in [0.717, 1.165) is 4.90 Å². The standard InChI is InChI=1S/C27H23N3O8/c1-3-6-19-11-18(13-22-25(31)28-27(33)29(26(22)32)15-21-9-5-10-37-21)14-23(36-2)24(19)38-16-17-7-4-8-20(12-17)30(34)35/h3-5,7-14H,1,6,15-16H2,2H3,(H,28,31,33)/b22-13+. The number of hydrogen-bond donors (Lipinski definition) is 1. The fourth-order valence-corrected chi connectivity index (χ4v) is 3.87. The lowest BCUT2D eigenvalue weighted by Gasteiger charge is -2.25. The smallest absolute Gasteiger partial charge is 0.331 e. The van der Waals surface area contributed by atoms with Gasteiger partial charge in [0.25, 0.3) is 17.5 Å². The maximum atomic E-state index is 13.1. The number of barbiturate groups is 1. The number of amides is 4. The lowest BCUT2D eigenvalue weighted by molar-refractivity contribution is -0.384. The predicted octanol–water partition coefficient (Wildman–Crippen LogP) is 4.17. The van der Waals surface area contributed by atoms with Crippen molar-refractivity contribution < 1.29 is 33.2 Å². The molecule has 0 radical (unpaired) electrons. The van der Waals surface area contributed by atoms with Crippen LogP contribution in [0.4, 0.5) is 10.5 Å². The van der Waals surface area contributed by atoms with Crippen LogP contribution in [0.3, 0.4) is 0 Å². The minimum Gasteiger partial charge on any atom is -0.493 e. The van der Waals surface area contributed by atoms with Gasteiger partial charge in [-0.05, 0) is 47.9 Å². The molecule has 1 aromatic heterocycles. The zero-order valence-corrected chi connectivity index (χ0v) is 20.3. The summed E-state index contributed by atoms with van der Waals surface area (Å²) < 4.78 is 16.7. The van der Waals surface area contributed by atoms with Crippen molar-refractivity contribution >= 4 is 29.6 Å². The second-order valence-electron chi connectivity index (χ2n) is 8.21. The molecule has 4 amide bonds. The number of nitrogens with one attached hydrogen (secondary N) is 1. The topological polar surface area (TPSA) is 141 Å². The maximum Gasteiger partial charge on any atom is 0.331 e. The summed E-state index contributed by atoms with van der Waals surface area (Å²) in [6.07, 6.45) is 4.79.